The molecule has 3 rings (SSSR count). The van der Waals surface area contributed by atoms with Crippen LogP contribution in [0.2, 0.25) is 5.02 Å². The molecule has 0 saturated heterocycles. The maximum atomic E-state index is 13.8. The zero-order chi connectivity index (χ0) is 14.1. The number of benzene rings is 2. The van der Waals surface area contributed by atoms with Gasteiger partial charge >= 0.3 is 0 Å². The highest BCUT2D eigenvalue weighted by Gasteiger charge is 2.17. The number of aromatic nitrogens is 2. The van der Waals surface area contributed by atoms with Crippen LogP contribution in [0.25, 0.3) is 11.0 Å². The number of para-hydroxylation sites is 2. The largest absolute Gasteiger partial charge is 0.382 e. The summed E-state index contributed by atoms with van der Waals surface area (Å²) in [6.07, 6.45) is 0.269. The van der Waals surface area contributed by atoms with Gasteiger partial charge in [-0.15, -0.1) is 0 Å². The number of hydrogen-bond donors (Lipinski definition) is 1. The lowest BCUT2D eigenvalue weighted by atomic mass is 10.1. The Labute approximate surface area is 119 Å². The van der Waals surface area contributed by atoms with Crippen LogP contribution in [0.15, 0.2) is 48.7 Å². The van der Waals surface area contributed by atoms with Crippen molar-refractivity contribution in [3.63, 3.8) is 0 Å². The minimum atomic E-state index is -1.18. The fourth-order valence-corrected chi connectivity index (χ4v) is 2.14. The third-order valence-electron chi connectivity index (χ3n) is 3.00. The molecule has 0 amide bonds. The number of rotatable bonds is 2. The van der Waals surface area contributed by atoms with E-state index >= 15 is 0 Å². The van der Waals surface area contributed by atoms with Gasteiger partial charge in [-0.25, -0.2) is 9.37 Å². The lowest BCUT2D eigenvalue weighted by molar-refractivity contribution is 0.210. The van der Waals surface area contributed by atoms with Gasteiger partial charge in [-0.2, -0.15) is 0 Å². The van der Waals surface area contributed by atoms with E-state index in [1.807, 2.05) is 18.2 Å². The third kappa shape index (κ3) is 2.35. The molecule has 0 fully saturated rings. The summed E-state index contributed by atoms with van der Waals surface area (Å²) in [6.45, 7) is 0. The lowest BCUT2D eigenvalue weighted by Gasteiger charge is -2.12. The Hall–Kier alpha value is -2.04. The molecule has 0 aliphatic rings. The van der Waals surface area contributed by atoms with Crippen molar-refractivity contribution in [3.8, 4) is 0 Å². The molecule has 3 nitrogen and oxygen atoms in total. The van der Waals surface area contributed by atoms with Crippen LogP contribution in [0.1, 0.15) is 17.4 Å². The number of halogens is 2. The van der Waals surface area contributed by atoms with Crippen molar-refractivity contribution in [2.24, 2.45) is 0 Å². The molecule has 1 unspecified atom stereocenters. The molecule has 0 aliphatic heterocycles. The van der Waals surface area contributed by atoms with Gasteiger partial charge in [0.25, 0.3) is 0 Å². The molecule has 0 bridgehead atoms. The van der Waals surface area contributed by atoms with Gasteiger partial charge in [0.2, 0.25) is 0 Å². The third-order valence-corrected chi connectivity index (χ3v) is 3.24. The van der Waals surface area contributed by atoms with Gasteiger partial charge in [0, 0.05) is 10.6 Å². The highest BCUT2D eigenvalue weighted by molar-refractivity contribution is 6.30. The fourth-order valence-electron chi connectivity index (χ4n) is 1.99. The Balaban J connectivity index is 2.05. The zero-order valence-corrected chi connectivity index (χ0v) is 11.0. The van der Waals surface area contributed by atoms with Crippen molar-refractivity contribution in [2.45, 2.75) is 6.10 Å². The maximum Gasteiger partial charge on any atom is 0.130 e. The Morgan fingerprint density at radius 1 is 1.10 bits per heavy atom. The van der Waals surface area contributed by atoms with Gasteiger partial charge in [0.15, 0.2) is 0 Å². The smallest absolute Gasteiger partial charge is 0.130 e. The number of aliphatic hydroxyl groups excluding tert-OH is 1. The van der Waals surface area contributed by atoms with E-state index in [0.717, 1.165) is 11.6 Å². The second-order valence-corrected chi connectivity index (χ2v) is 4.79. The molecule has 20 heavy (non-hydrogen) atoms. The summed E-state index contributed by atoms with van der Waals surface area (Å²) in [7, 11) is 0. The van der Waals surface area contributed by atoms with E-state index < -0.39 is 11.9 Å². The minimum Gasteiger partial charge on any atom is -0.382 e. The van der Waals surface area contributed by atoms with E-state index in [9.17, 15) is 9.50 Å². The molecule has 2 aromatic carbocycles. The number of nitrogens with zero attached hydrogens (tertiary/aromatic N) is 2. The molecule has 0 radical (unpaired) electrons. The van der Waals surface area contributed by atoms with Crippen LogP contribution in [-0.2, 0) is 0 Å². The molecule has 1 N–H and O–H groups in total. The summed E-state index contributed by atoms with van der Waals surface area (Å²) >= 11 is 5.70. The van der Waals surface area contributed by atoms with Crippen molar-refractivity contribution in [3.05, 3.63) is 70.8 Å². The predicted molar refractivity (Wildman–Crippen MR) is 75.0 cm³/mol. The van der Waals surface area contributed by atoms with Gasteiger partial charge in [-0.3, -0.25) is 4.98 Å². The maximum absolute atomic E-state index is 13.8. The topological polar surface area (TPSA) is 46.0 Å². The fraction of sp³-hybridized carbons (Fsp3) is 0.0667. The minimum absolute atomic E-state index is 0.124. The van der Waals surface area contributed by atoms with E-state index in [0.29, 0.717) is 11.2 Å². The van der Waals surface area contributed by atoms with Crippen LogP contribution in [-0.4, -0.2) is 15.1 Å². The quantitative estimate of drug-likeness (QED) is 0.785. The van der Waals surface area contributed by atoms with E-state index in [-0.39, 0.29) is 10.6 Å². The Kier molecular flexibility index (Phi) is 3.34. The summed E-state index contributed by atoms with van der Waals surface area (Å²) in [5.74, 6) is -0.569. The second-order valence-electron chi connectivity index (χ2n) is 4.35. The highest BCUT2D eigenvalue weighted by atomic mass is 35.5. The van der Waals surface area contributed by atoms with Crippen molar-refractivity contribution in [2.75, 3.05) is 0 Å². The summed E-state index contributed by atoms with van der Waals surface area (Å²) in [5, 5.41) is 10.5. The lowest BCUT2D eigenvalue weighted by Crippen LogP contribution is -2.05. The Bertz CT molecular complexity index is 779. The van der Waals surface area contributed by atoms with Gasteiger partial charge in [0.05, 0.1) is 22.9 Å². The van der Waals surface area contributed by atoms with Crippen LogP contribution in [0, 0.1) is 5.82 Å². The van der Waals surface area contributed by atoms with Crippen LogP contribution in [0.5, 0.6) is 0 Å². The first-order chi connectivity index (χ1) is 9.65. The van der Waals surface area contributed by atoms with E-state index in [4.69, 9.17) is 11.6 Å². The Morgan fingerprint density at radius 2 is 1.85 bits per heavy atom. The summed E-state index contributed by atoms with van der Waals surface area (Å²) in [4.78, 5) is 8.51. The molecule has 1 atom stereocenters. The monoisotopic (exact) mass is 288 g/mol. The molecule has 5 heteroatoms. The first kappa shape index (κ1) is 13.0. The molecule has 1 heterocycles. The average Bonchev–Trinajstić information content (AvgIpc) is 2.46. The van der Waals surface area contributed by atoms with Crippen LogP contribution in [0.4, 0.5) is 4.39 Å². The van der Waals surface area contributed by atoms with Gasteiger partial charge in [-0.1, -0.05) is 29.8 Å². The van der Waals surface area contributed by atoms with Crippen LogP contribution < -0.4 is 0 Å². The molecule has 3 aromatic rings. The second kappa shape index (κ2) is 5.15. The molecule has 0 aliphatic carbocycles. The molecule has 0 spiro atoms. The standard InChI is InChI=1S/C15H10ClFN2O/c16-9-5-6-10(11(17)7-9)15(20)14-8-18-12-3-1-2-4-13(12)19-14/h1-8,15,20H. The molecule has 1 aromatic heterocycles. The normalized spacial score (nSPS) is 12.6. The van der Waals surface area contributed by atoms with Crippen molar-refractivity contribution < 1.29 is 9.50 Å². The summed E-state index contributed by atoms with van der Waals surface area (Å²) < 4.78 is 13.8. The van der Waals surface area contributed by atoms with Crippen LogP contribution in [0.3, 0.4) is 0 Å². The SMILES string of the molecule is OC(c1cnc2ccccc2n1)c1ccc(Cl)cc1F. The van der Waals surface area contributed by atoms with E-state index in [1.165, 1.54) is 18.3 Å². The number of fused-ring (bicyclic) bond motifs is 1. The van der Waals surface area contributed by atoms with E-state index in [1.54, 1.807) is 6.07 Å². The first-order valence-electron chi connectivity index (χ1n) is 6.00. The van der Waals surface area contributed by atoms with Crippen molar-refractivity contribution in [1.82, 2.24) is 9.97 Å². The van der Waals surface area contributed by atoms with Crippen molar-refractivity contribution >= 4 is 22.6 Å². The Morgan fingerprint density at radius 3 is 2.60 bits per heavy atom. The molecule has 100 valence electrons. The van der Waals surface area contributed by atoms with Gasteiger partial charge < -0.3 is 5.11 Å². The average molecular weight is 289 g/mol. The van der Waals surface area contributed by atoms with Gasteiger partial charge in [0.1, 0.15) is 11.9 Å². The first-order valence-corrected chi connectivity index (χ1v) is 6.37. The summed E-state index contributed by atoms with van der Waals surface area (Å²) in [5.41, 5.74) is 1.79. The molecular weight excluding hydrogens is 279 g/mol. The molecule has 0 saturated carbocycles. The van der Waals surface area contributed by atoms with E-state index in [2.05, 4.69) is 9.97 Å². The highest BCUT2D eigenvalue weighted by Crippen LogP contribution is 2.25. The number of aliphatic hydroxyl groups is 1. The summed E-state index contributed by atoms with van der Waals surface area (Å²) in [6, 6.07) is 11.4. The predicted octanol–water partition coefficient (Wildman–Crippen LogP) is 3.50. The van der Waals surface area contributed by atoms with Gasteiger partial charge in [-0.05, 0) is 24.3 Å². The van der Waals surface area contributed by atoms with Crippen LogP contribution >= 0.6 is 11.6 Å². The molecular formula is C15H10ClFN2O. The van der Waals surface area contributed by atoms with Crippen molar-refractivity contribution in [1.29, 1.82) is 0 Å². The number of hydrogen-bond acceptors (Lipinski definition) is 3. The zero-order valence-electron chi connectivity index (χ0n) is 10.3.